The number of hydrogen-bond donors (Lipinski definition) is 3. The minimum absolute atomic E-state index is 0.137. The van der Waals surface area contributed by atoms with Crippen LogP contribution in [0, 0.1) is 0 Å². The molecule has 0 spiro atoms. The van der Waals surface area contributed by atoms with Gasteiger partial charge in [0, 0.05) is 12.2 Å². The van der Waals surface area contributed by atoms with Crippen LogP contribution in [-0.2, 0) is 10.2 Å². The van der Waals surface area contributed by atoms with Crippen LogP contribution in [0.3, 0.4) is 0 Å². The zero-order valence-electron chi connectivity index (χ0n) is 8.82. The monoisotopic (exact) mass is 264 g/mol. The molecule has 0 aliphatic rings. The fourth-order valence-corrected chi connectivity index (χ4v) is 2.16. The standard InChI is InChI=1S/C10H13FO5S/c11-17(15,16)9-4-2-1-3-7(9)10(14)8(13)5-6-12/h1-4,8,10,12-14H,5-6H2. The molecular formula is C10H13FO5S. The quantitative estimate of drug-likeness (QED) is 0.657. The molecule has 0 fully saturated rings. The Hall–Kier alpha value is -1.02. The molecule has 2 unspecified atom stereocenters. The van der Waals surface area contributed by atoms with Gasteiger partial charge >= 0.3 is 10.2 Å². The smallest absolute Gasteiger partial charge is 0.332 e. The molecule has 0 bridgehead atoms. The van der Waals surface area contributed by atoms with Gasteiger partial charge in [0.2, 0.25) is 0 Å². The van der Waals surface area contributed by atoms with Gasteiger partial charge in [0.1, 0.15) is 11.0 Å². The average Bonchev–Trinajstić information content (AvgIpc) is 2.27. The van der Waals surface area contributed by atoms with Gasteiger partial charge in [0.25, 0.3) is 0 Å². The molecule has 17 heavy (non-hydrogen) atoms. The number of aliphatic hydroxyl groups excluding tert-OH is 3. The van der Waals surface area contributed by atoms with Gasteiger partial charge in [-0.15, -0.1) is 3.89 Å². The average molecular weight is 264 g/mol. The zero-order chi connectivity index (χ0) is 13.1. The highest BCUT2D eigenvalue weighted by Crippen LogP contribution is 2.26. The highest BCUT2D eigenvalue weighted by Gasteiger charge is 2.25. The highest BCUT2D eigenvalue weighted by molar-refractivity contribution is 7.86. The van der Waals surface area contributed by atoms with Gasteiger partial charge in [-0.2, -0.15) is 8.42 Å². The van der Waals surface area contributed by atoms with Crippen molar-refractivity contribution in [1.82, 2.24) is 0 Å². The van der Waals surface area contributed by atoms with Crippen LogP contribution in [0.1, 0.15) is 18.1 Å². The van der Waals surface area contributed by atoms with Crippen LogP contribution in [0.5, 0.6) is 0 Å². The Kier molecular flexibility index (Phi) is 4.58. The van der Waals surface area contributed by atoms with Crippen LogP contribution in [0.4, 0.5) is 3.89 Å². The molecule has 7 heteroatoms. The SMILES string of the molecule is O=S(=O)(F)c1ccccc1C(O)C(O)CCO. The van der Waals surface area contributed by atoms with E-state index >= 15 is 0 Å². The lowest BCUT2D eigenvalue weighted by molar-refractivity contribution is 0.00272. The first-order valence-electron chi connectivity index (χ1n) is 4.88. The van der Waals surface area contributed by atoms with Gasteiger partial charge in [0.15, 0.2) is 0 Å². The molecule has 5 nitrogen and oxygen atoms in total. The van der Waals surface area contributed by atoms with Crippen LogP contribution in [-0.4, -0.2) is 36.4 Å². The molecule has 0 amide bonds. The largest absolute Gasteiger partial charge is 0.396 e. The van der Waals surface area contributed by atoms with E-state index in [0.717, 1.165) is 6.07 Å². The van der Waals surface area contributed by atoms with Crippen molar-refractivity contribution >= 4 is 10.2 Å². The fourth-order valence-electron chi connectivity index (χ4n) is 1.44. The van der Waals surface area contributed by atoms with Crippen molar-refractivity contribution in [2.45, 2.75) is 23.5 Å². The van der Waals surface area contributed by atoms with Crippen molar-refractivity contribution in [3.63, 3.8) is 0 Å². The molecule has 96 valence electrons. The van der Waals surface area contributed by atoms with E-state index < -0.39 is 27.3 Å². The lowest BCUT2D eigenvalue weighted by Gasteiger charge is -2.18. The van der Waals surface area contributed by atoms with Crippen molar-refractivity contribution in [1.29, 1.82) is 0 Å². The summed E-state index contributed by atoms with van der Waals surface area (Å²) in [5.41, 5.74) is -0.226. The van der Waals surface area contributed by atoms with Crippen molar-refractivity contribution in [3.8, 4) is 0 Å². The molecule has 1 rings (SSSR count). The summed E-state index contributed by atoms with van der Waals surface area (Å²) in [6.45, 7) is -0.372. The molecule has 0 aliphatic heterocycles. The van der Waals surface area contributed by atoms with Crippen LogP contribution >= 0.6 is 0 Å². The fraction of sp³-hybridized carbons (Fsp3) is 0.400. The van der Waals surface area contributed by atoms with Gasteiger partial charge in [-0.05, 0) is 12.5 Å². The molecule has 1 aromatic rings. The van der Waals surface area contributed by atoms with E-state index in [1.54, 1.807) is 0 Å². The number of hydrogen-bond acceptors (Lipinski definition) is 5. The molecule has 3 N–H and O–H groups in total. The third-order valence-corrected chi connectivity index (χ3v) is 3.19. The van der Waals surface area contributed by atoms with E-state index in [4.69, 9.17) is 5.11 Å². The van der Waals surface area contributed by atoms with Gasteiger partial charge < -0.3 is 15.3 Å². The summed E-state index contributed by atoms with van der Waals surface area (Å²) in [4.78, 5) is -0.676. The van der Waals surface area contributed by atoms with Gasteiger partial charge in [0.05, 0.1) is 6.10 Å². The Morgan fingerprint density at radius 2 is 1.82 bits per heavy atom. The van der Waals surface area contributed by atoms with E-state index in [2.05, 4.69) is 0 Å². The number of halogens is 1. The maximum absolute atomic E-state index is 12.9. The van der Waals surface area contributed by atoms with E-state index in [9.17, 15) is 22.5 Å². The Labute approximate surface area is 98.4 Å². The summed E-state index contributed by atoms with van der Waals surface area (Å²) in [5, 5.41) is 27.7. The minimum atomic E-state index is -4.96. The van der Waals surface area contributed by atoms with Crippen molar-refractivity contribution in [3.05, 3.63) is 29.8 Å². The Morgan fingerprint density at radius 1 is 1.24 bits per heavy atom. The molecule has 0 radical (unpaired) electrons. The summed E-state index contributed by atoms with van der Waals surface area (Å²) < 4.78 is 34.6. The van der Waals surface area contributed by atoms with E-state index in [1.165, 1.54) is 18.2 Å². The van der Waals surface area contributed by atoms with Gasteiger partial charge in [-0.25, -0.2) is 0 Å². The van der Waals surface area contributed by atoms with Gasteiger partial charge in [-0.3, -0.25) is 0 Å². The van der Waals surface area contributed by atoms with E-state index in [1.807, 2.05) is 0 Å². The molecule has 0 heterocycles. The normalized spacial score (nSPS) is 15.5. The van der Waals surface area contributed by atoms with Crippen molar-refractivity contribution < 1.29 is 27.6 Å². The second-order valence-electron chi connectivity index (χ2n) is 3.50. The van der Waals surface area contributed by atoms with Crippen LogP contribution < -0.4 is 0 Å². The second-order valence-corrected chi connectivity index (χ2v) is 4.82. The number of aliphatic hydroxyl groups is 3. The summed E-state index contributed by atoms with van der Waals surface area (Å²) in [5.74, 6) is 0. The minimum Gasteiger partial charge on any atom is -0.396 e. The molecule has 2 atom stereocenters. The summed E-state index contributed by atoms with van der Waals surface area (Å²) in [7, 11) is -4.96. The molecular weight excluding hydrogens is 251 g/mol. The number of benzene rings is 1. The lowest BCUT2D eigenvalue weighted by Crippen LogP contribution is -2.21. The molecule has 0 aliphatic carbocycles. The van der Waals surface area contributed by atoms with Crippen molar-refractivity contribution in [2.24, 2.45) is 0 Å². The zero-order valence-corrected chi connectivity index (χ0v) is 9.64. The van der Waals surface area contributed by atoms with Crippen molar-refractivity contribution in [2.75, 3.05) is 6.61 Å². The summed E-state index contributed by atoms with van der Waals surface area (Å²) in [6.07, 6.45) is -3.06. The third-order valence-electron chi connectivity index (χ3n) is 2.29. The summed E-state index contributed by atoms with van der Waals surface area (Å²) in [6, 6.07) is 4.93. The Morgan fingerprint density at radius 3 is 2.35 bits per heavy atom. The molecule has 1 aromatic carbocycles. The Balaban J connectivity index is 3.14. The van der Waals surface area contributed by atoms with E-state index in [0.29, 0.717) is 0 Å². The molecule has 0 aromatic heterocycles. The lowest BCUT2D eigenvalue weighted by atomic mass is 10.0. The van der Waals surface area contributed by atoms with E-state index in [-0.39, 0.29) is 18.6 Å². The first-order chi connectivity index (χ1) is 7.88. The predicted octanol–water partition coefficient (Wildman–Crippen LogP) is 0.122. The first-order valence-corrected chi connectivity index (χ1v) is 6.27. The third kappa shape index (κ3) is 3.47. The summed E-state index contributed by atoms with van der Waals surface area (Å²) >= 11 is 0. The molecule has 0 saturated carbocycles. The molecule has 0 saturated heterocycles. The Bertz CT molecular complexity index is 473. The maximum atomic E-state index is 12.9. The first kappa shape index (κ1) is 14.0. The number of rotatable bonds is 5. The maximum Gasteiger partial charge on any atom is 0.332 e. The second kappa shape index (κ2) is 5.54. The van der Waals surface area contributed by atoms with Crippen LogP contribution in [0.25, 0.3) is 0 Å². The van der Waals surface area contributed by atoms with Gasteiger partial charge in [-0.1, -0.05) is 18.2 Å². The topological polar surface area (TPSA) is 94.8 Å². The van der Waals surface area contributed by atoms with Crippen LogP contribution in [0.2, 0.25) is 0 Å². The highest BCUT2D eigenvalue weighted by atomic mass is 32.3. The van der Waals surface area contributed by atoms with Crippen LogP contribution in [0.15, 0.2) is 29.2 Å². The predicted molar refractivity (Wildman–Crippen MR) is 57.4 cm³/mol.